The van der Waals surface area contributed by atoms with Gasteiger partial charge in [-0.2, -0.15) is 0 Å². The summed E-state index contributed by atoms with van der Waals surface area (Å²) in [5.41, 5.74) is 1.42. The molecule has 9 heteroatoms. The summed E-state index contributed by atoms with van der Waals surface area (Å²) in [4.78, 5) is 45.7. The number of aliphatic hydroxyl groups is 1. The van der Waals surface area contributed by atoms with Gasteiger partial charge >= 0.3 is 5.97 Å². The molecule has 7 nitrogen and oxygen atoms in total. The van der Waals surface area contributed by atoms with E-state index in [1.807, 2.05) is 39.8 Å². The number of benzene rings is 1. The number of amides is 2. The molecule has 2 bridgehead atoms. The number of hydrogen-bond donors (Lipinski definition) is 1. The number of nitrogens with zero attached hydrogens (tertiary/aromatic N) is 2. The van der Waals surface area contributed by atoms with Gasteiger partial charge < -0.3 is 19.6 Å². The fourth-order valence-electron chi connectivity index (χ4n) is 6.94. The highest BCUT2D eigenvalue weighted by atomic mass is 35.5. The first kappa shape index (κ1) is 29.0. The third kappa shape index (κ3) is 4.27. The van der Waals surface area contributed by atoms with Crippen LogP contribution in [0.15, 0.2) is 30.9 Å². The molecule has 3 heterocycles. The SMILES string of the molecule is C=CCN(C(=O)C1N([C@@H](CO)[C@@H](C)CC)C(=O)[C@@H]2[C@H](C(=O)OCC)[C@]3(C)CCC12S3)c1c(C)cccc1Cl. The van der Waals surface area contributed by atoms with Crippen LogP contribution in [0.5, 0.6) is 0 Å². The van der Waals surface area contributed by atoms with Gasteiger partial charge in [-0.05, 0) is 51.2 Å². The number of fused-ring (bicyclic) bond motifs is 1. The summed E-state index contributed by atoms with van der Waals surface area (Å²) in [6.45, 7) is 13.7. The Kier molecular flexibility index (Phi) is 8.27. The molecule has 0 saturated carbocycles. The van der Waals surface area contributed by atoms with Gasteiger partial charge in [-0.15, -0.1) is 18.3 Å². The lowest BCUT2D eigenvalue weighted by atomic mass is 9.66. The highest BCUT2D eigenvalue weighted by molar-refractivity contribution is 8.02. The zero-order valence-corrected chi connectivity index (χ0v) is 24.5. The van der Waals surface area contributed by atoms with E-state index in [0.29, 0.717) is 23.6 Å². The highest BCUT2D eigenvalue weighted by Crippen LogP contribution is 2.72. The second-order valence-electron chi connectivity index (χ2n) is 11.0. The molecule has 2 amide bonds. The number of anilines is 1. The zero-order valence-electron chi connectivity index (χ0n) is 22.9. The van der Waals surface area contributed by atoms with Crippen molar-refractivity contribution in [3.05, 3.63) is 41.4 Å². The van der Waals surface area contributed by atoms with E-state index < -0.39 is 33.4 Å². The van der Waals surface area contributed by atoms with Gasteiger partial charge in [-0.25, -0.2) is 0 Å². The number of rotatable bonds is 10. The number of carbonyl (C=O) groups is 3. The van der Waals surface area contributed by atoms with E-state index in [1.165, 1.54) is 0 Å². The molecule has 2 unspecified atom stereocenters. The van der Waals surface area contributed by atoms with Crippen LogP contribution in [0.3, 0.4) is 0 Å². The molecule has 0 aliphatic carbocycles. The smallest absolute Gasteiger partial charge is 0.311 e. The first-order valence-corrected chi connectivity index (χ1v) is 14.7. The van der Waals surface area contributed by atoms with Gasteiger partial charge in [0.1, 0.15) is 6.04 Å². The fraction of sp³-hybridized carbons (Fsp3) is 0.621. The molecule has 38 heavy (non-hydrogen) atoms. The van der Waals surface area contributed by atoms with Gasteiger partial charge in [0.25, 0.3) is 5.91 Å². The number of halogens is 1. The lowest BCUT2D eigenvalue weighted by Gasteiger charge is -2.41. The van der Waals surface area contributed by atoms with Crippen molar-refractivity contribution in [2.75, 3.05) is 24.7 Å². The van der Waals surface area contributed by atoms with E-state index in [-0.39, 0.29) is 43.5 Å². The lowest BCUT2D eigenvalue weighted by Crippen LogP contribution is -2.59. The molecule has 1 N–H and O–H groups in total. The Bertz CT molecular complexity index is 1110. The molecule has 7 atom stereocenters. The van der Waals surface area contributed by atoms with E-state index in [9.17, 15) is 19.5 Å². The number of aliphatic hydroxyl groups excluding tert-OH is 1. The maximum absolute atomic E-state index is 14.8. The van der Waals surface area contributed by atoms with E-state index >= 15 is 0 Å². The van der Waals surface area contributed by atoms with Crippen molar-refractivity contribution in [1.29, 1.82) is 0 Å². The number of esters is 1. The number of para-hydroxylation sites is 1. The van der Waals surface area contributed by atoms with Crippen LogP contribution >= 0.6 is 23.4 Å². The third-order valence-corrected chi connectivity index (χ3v) is 11.2. The average Bonchev–Trinajstić information content (AvgIpc) is 3.44. The minimum atomic E-state index is -0.868. The predicted molar refractivity (Wildman–Crippen MR) is 151 cm³/mol. The molecule has 1 aromatic carbocycles. The third-order valence-electron chi connectivity index (χ3n) is 8.87. The Morgan fingerprint density at radius 1 is 1.37 bits per heavy atom. The summed E-state index contributed by atoms with van der Waals surface area (Å²) in [5.74, 6) is -2.30. The molecule has 0 radical (unpaired) electrons. The molecule has 3 aliphatic rings. The van der Waals surface area contributed by atoms with Crippen molar-refractivity contribution < 1.29 is 24.2 Å². The number of carbonyl (C=O) groups excluding carboxylic acids is 3. The fourth-order valence-corrected chi connectivity index (χ4v) is 9.59. The van der Waals surface area contributed by atoms with Crippen LogP contribution in [0.1, 0.15) is 52.5 Å². The van der Waals surface area contributed by atoms with Crippen LogP contribution in [-0.4, -0.2) is 69.1 Å². The van der Waals surface area contributed by atoms with E-state index in [2.05, 4.69) is 6.58 Å². The summed E-state index contributed by atoms with van der Waals surface area (Å²) in [7, 11) is 0. The molecule has 1 spiro atoms. The normalized spacial score (nSPS) is 31.2. The number of hydrogen-bond acceptors (Lipinski definition) is 6. The van der Waals surface area contributed by atoms with Crippen LogP contribution in [0.4, 0.5) is 5.69 Å². The largest absolute Gasteiger partial charge is 0.466 e. The molecular weight excluding hydrogens is 524 g/mol. The Hall–Kier alpha value is -2.03. The second-order valence-corrected chi connectivity index (χ2v) is 13.3. The van der Waals surface area contributed by atoms with Crippen molar-refractivity contribution >= 4 is 46.8 Å². The Morgan fingerprint density at radius 2 is 2.08 bits per heavy atom. The maximum atomic E-state index is 14.8. The van der Waals surface area contributed by atoms with Crippen LogP contribution in [0.2, 0.25) is 5.02 Å². The Balaban J connectivity index is 1.90. The van der Waals surface area contributed by atoms with Crippen LogP contribution in [-0.2, 0) is 19.1 Å². The molecule has 1 aromatic rings. The number of thioether (sulfide) groups is 1. The maximum Gasteiger partial charge on any atom is 0.311 e. The van der Waals surface area contributed by atoms with Crippen molar-refractivity contribution in [3.63, 3.8) is 0 Å². The zero-order chi connectivity index (χ0) is 28.0. The van der Waals surface area contributed by atoms with E-state index in [1.54, 1.807) is 40.6 Å². The molecule has 3 saturated heterocycles. The number of aryl methyl sites for hydroxylation is 1. The van der Waals surface area contributed by atoms with Gasteiger partial charge in [-0.1, -0.05) is 50.1 Å². The van der Waals surface area contributed by atoms with Gasteiger partial charge in [-0.3, -0.25) is 14.4 Å². The summed E-state index contributed by atoms with van der Waals surface area (Å²) in [6.07, 6.45) is 3.69. The Labute approximate surface area is 234 Å². The highest BCUT2D eigenvalue weighted by Gasteiger charge is 2.78. The topological polar surface area (TPSA) is 87.2 Å². The average molecular weight is 563 g/mol. The van der Waals surface area contributed by atoms with Gasteiger partial charge in [0.15, 0.2) is 0 Å². The second kappa shape index (κ2) is 10.9. The first-order chi connectivity index (χ1) is 18.0. The quantitative estimate of drug-likeness (QED) is 0.331. The standard InChI is InChI=1S/C29H39ClN2O5S/c1-7-15-31(23-18(5)11-10-12-19(23)30)26(35)24-29-14-13-28(6,38-29)22(27(36)37-9-3)21(29)25(34)32(24)20(16-33)17(4)8-2/h7,10-12,17,20-22,24,33H,1,8-9,13-16H2,2-6H3/t17-,20-,21-,22+,24?,28-,29?/m0/s1. The predicted octanol–water partition coefficient (Wildman–Crippen LogP) is 4.62. The lowest BCUT2D eigenvalue weighted by molar-refractivity contribution is -0.155. The number of likely N-dealkylation sites (tertiary alicyclic amines) is 1. The van der Waals surface area contributed by atoms with Gasteiger partial charge in [0.2, 0.25) is 5.91 Å². The van der Waals surface area contributed by atoms with Gasteiger partial charge in [0, 0.05) is 11.3 Å². The molecule has 0 aromatic heterocycles. The molecular formula is C29H39ClN2O5S. The summed E-state index contributed by atoms with van der Waals surface area (Å²) >= 11 is 8.23. The van der Waals surface area contributed by atoms with Crippen molar-refractivity contribution in [2.24, 2.45) is 17.8 Å². The van der Waals surface area contributed by atoms with Crippen LogP contribution in [0.25, 0.3) is 0 Å². The van der Waals surface area contributed by atoms with Crippen LogP contribution in [0, 0.1) is 24.7 Å². The monoisotopic (exact) mass is 562 g/mol. The van der Waals surface area contributed by atoms with Crippen molar-refractivity contribution in [3.8, 4) is 0 Å². The molecule has 208 valence electrons. The summed E-state index contributed by atoms with van der Waals surface area (Å²) < 4.78 is 4.15. The van der Waals surface area contributed by atoms with Crippen molar-refractivity contribution in [1.82, 2.24) is 4.90 Å². The minimum Gasteiger partial charge on any atom is -0.466 e. The Morgan fingerprint density at radius 3 is 2.66 bits per heavy atom. The summed E-state index contributed by atoms with van der Waals surface area (Å²) in [6, 6.07) is 4.05. The molecule has 4 rings (SSSR count). The van der Waals surface area contributed by atoms with E-state index in [0.717, 1.165) is 12.0 Å². The van der Waals surface area contributed by atoms with Crippen molar-refractivity contribution in [2.45, 2.75) is 75.5 Å². The van der Waals surface area contributed by atoms with E-state index in [4.69, 9.17) is 16.3 Å². The summed E-state index contributed by atoms with van der Waals surface area (Å²) in [5, 5.41) is 11.0. The molecule has 3 aliphatic heterocycles. The number of ether oxygens (including phenoxy) is 1. The van der Waals surface area contributed by atoms with Gasteiger partial charge in [0.05, 0.1) is 46.5 Å². The molecule has 3 fully saturated rings. The minimum absolute atomic E-state index is 0.0526. The first-order valence-electron chi connectivity index (χ1n) is 13.5. The van der Waals surface area contributed by atoms with Crippen LogP contribution < -0.4 is 4.90 Å².